The van der Waals surface area contributed by atoms with Crippen LogP contribution >= 0.6 is 11.3 Å². The van der Waals surface area contributed by atoms with E-state index in [1.807, 2.05) is 19.9 Å². The van der Waals surface area contributed by atoms with Crippen LogP contribution in [0, 0.1) is 13.8 Å². The fourth-order valence-corrected chi connectivity index (χ4v) is 3.95. The molecule has 0 saturated carbocycles. The Labute approximate surface area is 169 Å². The molecule has 0 unspecified atom stereocenters. The third-order valence-electron chi connectivity index (χ3n) is 4.85. The zero-order valence-electron chi connectivity index (χ0n) is 16.0. The van der Waals surface area contributed by atoms with E-state index in [-0.39, 0.29) is 24.6 Å². The van der Waals surface area contributed by atoms with Gasteiger partial charge in [-0.2, -0.15) is 0 Å². The summed E-state index contributed by atoms with van der Waals surface area (Å²) in [5, 5.41) is 4.48. The van der Waals surface area contributed by atoms with Crippen molar-refractivity contribution in [3.05, 3.63) is 85.8 Å². The fraction of sp³-hybridized carbons (Fsp3) is 0.190. The molecule has 148 valence electrons. The molecule has 0 radical (unpaired) electrons. The van der Waals surface area contributed by atoms with Gasteiger partial charge in [0.1, 0.15) is 17.0 Å². The van der Waals surface area contributed by atoms with Crippen molar-refractivity contribution < 1.29 is 9.21 Å². The van der Waals surface area contributed by atoms with Gasteiger partial charge in [0.05, 0.1) is 24.0 Å². The maximum Gasteiger partial charge on any atom is 0.336 e. The van der Waals surface area contributed by atoms with Crippen LogP contribution < -0.4 is 16.6 Å². The van der Waals surface area contributed by atoms with Crippen molar-refractivity contribution in [3.63, 3.8) is 0 Å². The molecular formula is C21H19N3O4S. The van der Waals surface area contributed by atoms with Gasteiger partial charge in [0, 0.05) is 0 Å². The Balaban J connectivity index is 1.76. The Kier molecular flexibility index (Phi) is 4.94. The number of carbonyl (C=O) groups is 1. The highest BCUT2D eigenvalue weighted by Crippen LogP contribution is 2.17. The lowest BCUT2D eigenvalue weighted by molar-refractivity contribution is -0.121. The molecule has 0 aliphatic heterocycles. The van der Waals surface area contributed by atoms with Crippen LogP contribution in [-0.2, 0) is 17.9 Å². The Morgan fingerprint density at radius 1 is 1.14 bits per heavy atom. The molecule has 1 N–H and O–H groups in total. The monoisotopic (exact) mass is 409 g/mol. The minimum Gasteiger partial charge on any atom is -0.467 e. The third-order valence-corrected chi connectivity index (χ3v) is 5.74. The molecule has 8 heteroatoms. The first-order valence-corrected chi connectivity index (χ1v) is 9.93. The van der Waals surface area contributed by atoms with Crippen LogP contribution in [0.25, 0.3) is 15.9 Å². The van der Waals surface area contributed by atoms with E-state index >= 15 is 0 Å². The molecule has 0 aliphatic rings. The number of aromatic nitrogens is 2. The average Bonchev–Trinajstić information content (AvgIpc) is 3.38. The molecule has 29 heavy (non-hydrogen) atoms. The number of carbonyl (C=O) groups excluding carboxylic acids is 1. The number of nitrogens with one attached hydrogen (secondary N) is 1. The number of amides is 1. The maximum atomic E-state index is 13.2. The number of rotatable bonds is 5. The highest BCUT2D eigenvalue weighted by molar-refractivity contribution is 7.17. The van der Waals surface area contributed by atoms with Gasteiger partial charge in [-0.25, -0.2) is 9.36 Å². The predicted molar refractivity (Wildman–Crippen MR) is 112 cm³/mol. The quantitative estimate of drug-likeness (QED) is 0.549. The first-order valence-electron chi connectivity index (χ1n) is 9.05. The average molecular weight is 409 g/mol. The molecule has 0 saturated heterocycles. The molecule has 1 amide bonds. The van der Waals surface area contributed by atoms with E-state index in [2.05, 4.69) is 5.32 Å². The fourth-order valence-electron chi connectivity index (χ4n) is 3.13. The molecule has 0 fully saturated rings. The van der Waals surface area contributed by atoms with Crippen LogP contribution in [-0.4, -0.2) is 15.0 Å². The summed E-state index contributed by atoms with van der Waals surface area (Å²) in [5.74, 6) is 0.271. The largest absolute Gasteiger partial charge is 0.467 e. The molecule has 0 atom stereocenters. The van der Waals surface area contributed by atoms with Crippen molar-refractivity contribution in [2.24, 2.45) is 0 Å². The number of benzene rings is 1. The van der Waals surface area contributed by atoms with E-state index in [0.717, 1.165) is 15.7 Å². The van der Waals surface area contributed by atoms with Crippen molar-refractivity contribution in [1.29, 1.82) is 0 Å². The van der Waals surface area contributed by atoms with E-state index in [1.165, 1.54) is 22.2 Å². The van der Waals surface area contributed by atoms with Crippen LogP contribution in [0.3, 0.4) is 0 Å². The molecule has 7 nitrogen and oxygen atoms in total. The normalized spacial score (nSPS) is 11.1. The highest BCUT2D eigenvalue weighted by atomic mass is 32.1. The summed E-state index contributed by atoms with van der Waals surface area (Å²) in [6.07, 6.45) is 1.53. The number of thiophene rings is 1. The maximum absolute atomic E-state index is 13.2. The summed E-state index contributed by atoms with van der Waals surface area (Å²) in [6, 6.07) is 10.6. The molecule has 0 bridgehead atoms. The molecule has 3 aromatic heterocycles. The number of hydrogen-bond donors (Lipinski definition) is 1. The second kappa shape index (κ2) is 7.56. The van der Waals surface area contributed by atoms with Crippen molar-refractivity contribution >= 4 is 27.5 Å². The molecule has 0 spiro atoms. The smallest absolute Gasteiger partial charge is 0.336 e. The summed E-state index contributed by atoms with van der Waals surface area (Å²) >= 11 is 1.25. The van der Waals surface area contributed by atoms with Gasteiger partial charge in [-0.15, -0.1) is 11.3 Å². The van der Waals surface area contributed by atoms with Gasteiger partial charge < -0.3 is 9.73 Å². The lowest BCUT2D eigenvalue weighted by Gasteiger charge is -2.13. The van der Waals surface area contributed by atoms with Crippen LogP contribution in [0.4, 0.5) is 0 Å². The SMILES string of the molecule is Cc1ccc(-n2c(=O)c3sccc3n(CC(=O)NCc3ccco3)c2=O)cc1C. The summed E-state index contributed by atoms with van der Waals surface area (Å²) in [7, 11) is 0. The van der Waals surface area contributed by atoms with Gasteiger partial charge in [0.2, 0.25) is 5.91 Å². The summed E-state index contributed by atoms with van der Waals surface area (Å²) in [6.45, 7) is 3.92. The minimum atomic E-state index is -0.544. The summed E-state index contributed by atoms with van der Waals surface area (Å²) < 4.78 is 8.10. The summed E-state index contributed by atoms with van der Waals surface area (Å²) in [5.41, 5.74) is 2.06. The molecule has 0 aliphatic carbocycles. The Morgan fingerprint density at radius 2 is 1.97 bits per heavy atom. The highest BCUT2D eigenvalue weighted by Gasteiger charge is 2.18. The number of fused-ring (bicyclic) bond motifs is 1. The van der Waals surface area contributed by atoms with Gasteiger partial charge in [0.25, 0.3) is 5.56 Å². The van der Waals surface area contributed by atoms with Crippen LogP contribution in [0.15, 0.2) is 62.0 Å². The third kappa shape index (κ3) is 3.54. The van der Waals surface area contributed by atoms with Gasteiger partial charge in [-0.05, 0) is 60.7 Å². The summed E-state index contributed by atoms with van der Waals surface area (Å²) in [4.78, 5) is 38.6. The molecule has 1 aromatic carbocycles. The van der Waals surface area contributed by atoms with Crippen molar-refractivity contribution in [3.8, 4) is 5.69 Å². The first-order chi connectivity index (χ1) is 14.0. The Bertz CT molecular complexity index is 1310. The van der Waals surface area contributed by atoms with E-state index in [0.29, 0.717) is 21.7 Å². The predicted octanol–water partition coefficient (Wildman–Crippen LogP) is 2.74. The van der Waals surface area contributed by atoms with E-state index in [9.17, 15) is 14.4 Å². The number of nitrogens with zero attached hydrogens (tertiary/aromatic N) is 2. The van der Waals surface area contributed by atoms with Gasteiger partial charge >= 0.3 is 5.69 Å². The topological polar surface area (TPSA) is 86.2 Å². The Morgan fingerprint density at radius 3 is 2.69 bits per heavy atom. The van der Waals surface area contributed by atoms with Crippen LogP contribution in [0.5, 0.6) is 0 Å². The lowest BCUT2D eigenvalue weighted by atomic mass is 10.1. The van der Waals surface area contributed by atoms with E-state index in [1.54, 1.807) is 35.7 Å². The van der Waals surface area contributed by atoms with Gasteiger partial charge in [0.15, 0.2) is 0 Å². The molecular weight excluding hydrogens is 390 g/mol. The zero-order valence-corrected chi connectivity index (χ0v) is 16.8. The van der Waals surface area contributed by atoms with Crippen molar-refractivity contribution in [1.82, 2.24) is 14.5 Å². The van der Waals surface area contributed by atoms with Gasteiger partial charge in [-0.1, -0.05) is 6.07 Å². The van der Waals surface area contributed by atoms with Gasteiger partial charge in [-0.3, -0.25) is 14.2 Å². The van der Waals surface area contributed by atoms with E-state index in [4.69, 9.17) is 4.42 Å². The second-order valence-corrected chi connectivity index (χ2v) is 7.69. The molecule has 4 rings (SSSR count). The zero-order chi connectivity index (χ0) is 20.5. The molecule has 3 heterocycles. The minimum absolute atomic E-state index is 0.197. The number of furan rings is 1. The number of aryl methyl sites for hydroxylation is 2. The lowest BCUT2D eigenvalue weighted by Crippen LogP contribution is -2.41. The van der Waals surface area contributed by atoms with Crippen LogP contribution in [0.2, 0.25) is 0 Å². The van der Waals surface area contributed by atoms with Crippen molar-refractivity contribution in [2.45, 2.75) is 26.9 Å². The Hall–Kier alpha value is -3.39. The van der Waals surface area contributed by atoms with E-state index < -0.39 is 5.69 Å². The standard InChI is InChI=1S/C21H19N3O4S/c1-13-5-6-15(10-14(13)2)24-20(26)19-17(7-9-29-19)23(21(24)27)12-18(25)22-11-16-4-3-8-28-16/h3-10H,11-12H2,1-2H3,(H,22,25). The first kappa shape index (κ1) is 18.9. The second-order valence-electron chi connectivity index (χ2n) is 6.77. The molecule has 4 aromatic rings. The number of hydrogen-bond acceptors (Lipinski definition) is 5. The van der Waals surface area contributed by atoms with Crippen LogP contribution in [0.1, 0.15) is 16.9 Å². The van der Waals surface area contributed by atoms with Crippen molar-refractivity contribution in [2.75, 3.05) is 0 Å².